The van der Waals surface area contributed by atoms with Crippen LogP contribution in [0, 0.1) is 0 Å². The Bertz CT molecular complexity index is 872. The van der Waals surface area contributed by atoms with E-state index in [1.54, 1.807) is 37.7 Å². The van der Waals surface area contributed by atoms with Gasteiger partial charge in [0.25, 0.3) is 5.91 Å². The lowest BCUT2D eigenvalue weighted by atomic mass is 10.1. The number of hydrogen-bond acceptors (Lipinski definition) is 4. The van der Waals surface area contributed by atoms with Crippen molar-refractivity contribution >= 4 is 11.6 Å². The van der Waals surface area contributed by atoms with Gasteiger partial charge < -0.3 is 19.9 Å². The van der Waals surface area contributed by atoms with E-state index in [2.05, 4.69) is 15.6 Å². The minimum atomic E-state index is -0.146. The van der Waals surface area contributed by atoms with E-state index in [4.69, 9.17) is 4.74 Å². The van der Waals surface area contributed by atoms with Crippen LogP contribution < -0.4 is 15.4 Å². The average Bonchev–Trinajstić information content (AvgIpc) is 3.07. The normalized spacial score (nSPS) is 10.5. The van der Waals surface area contributed by atoms with Gasteiger partial charge in [0.05, 0.1) is 19.1 Å². The van der Waals surface area contributed by atoms with E-state index >= 15 is 0 Å². The van der Waals surface area contributed by atoms with Crippen molar-refractivity contribution in [2.75, 3.05) is 12.4 Å². The summed E-state index contributed by atoms with van der Waals surface area (Å²) in [6.45, 7) is 1.44. The quantitative estimate of drug-likeness (QED) is 0.687. The Kier molecular flexibility index (Phi) is 5.66. The monoisotopic (exact) mass is 350 g/mol. The number of aryl methyl sites for hydroxylation is 1. The Hall–Kier alpha value is -3.12. The van der Waals surface area contributed by atoms with Gasteiger partial charge in [-0.15, -0.1) is 0 Å². The lowest BCUT2D eigenvalue weighted by Crippen LogP contribution is -2.15. The number of rotatable bonds is 7. The van der Waals surface area contributed by atoms with E-state index in [0.29, 0.717) is 12.1 Å². The third-order valence-electron chi connectivity index (χ3n) is 4.09. The molecule has 0 saturated carbocycles. The molecule has 26 heavy (non-hydrogen) atoms. The highest BCUT2D eigenvalue weighted by Gasteiger charge is 2.07. The van der Waals surface area contributed by atoms with E-state index in [9.17, 15) is 4.79 Å². The van der Waals surface area contributed by atoms with Crippen molar-refractivity contribution in [1.82, 2.24) is 14.9 Å². The van der Waals surface area contributed by atoms with Crippen molar-refractivity contribution in [3.8, 4) is 5.75 Å². The van der Waals surface area contributed by atoms with E-state index in [1.807, 2.05) is 42.1 Å². The Morgan fingerprint density at radius 3 is 2.65 bits per heavy atom. The standard InChI is InChI=1S/C20H22N4O2/c1-24-14-22-13-18(24)12-21-11-15-4-3-5-17(10-15)23-20(25)16-6-8-19(26-2)9-7-16/h3-10,13-14,21H,11-12H2,1-2H3,(H,23,25). The fourth-order valence-corrected chi connectivity index (χ4v) is 2.59. The van der Waals surface area contributed by atoms with Gasteiger partial charge in [0.15, 0.2) is 0 Å². The molecule has 0 aliphatic rings. The molecule has 3 rings (SSSR count). The topological polar surface area (TPSA) is 68.2 Å². The molecule has 0 fully saturated rings. The van der Waals surface area contributed by atoms with E-state index < -0.39 is 0 Å². The van der Waals surface area contributed by atoms with Crippen molar-refractivity contribution in [1.29, 1.82) is 0 Å². The van der Waals surface area contributed by atoms with Crippen LogP contribution in [-0.4, -0.2) is 22.6 Å². The Balaban J connectivity index is 1.57. The van der Waals surface area contributed by atoms with Crippen LogP contribution in [0.1, 0.15) is 21.6 Å². The molecule has 0 spiro atoms. The van der Waals surface area contributed by atoms with Crippen LogP contribution in [-0.2, 0) is 20.1 Å². The molecule has 6 nitrogen and oxygen atoms in total. The van der Waals surface area contributed by atoms with Crippen molar-refractivity contribution < 1.29 is 9.53 Å². The first kappa shape index (κ1) is 17.7. The summed E-state index contributed by atoms with van der Waals surface area (Å²) in [6.07, 6.45) is 3.63. The Morgan fingerprint density at radius 1 is 1.15 bits per heavy atom. The Labute approximate surface area is 152 Å². The maximum absolute atomic E-state index is 12.4. The molecule has 2 aromatic carbocycles. The van der Waals surface area contributed by atoms with Crippen LogP contribution in [0.3, 0.4) is 0 Å². The highest BCUT2D eigenvalue weighted by atomic mass is 16.5. The largest absolute Gasteiger partial charge is 0.497 e. The maximum Gasteiger partial charge on any atom is 0.255 e. The highest BCUT2D eigenvalue weighted by molar-refractivity contribution is 6.04. The number of hydrogen-bond donors (Lipinski definition) is 2. The number of carbonyl (C=O) groups is 1. The molecule has 3 aromatic rings. The van der Waals surface area contributed by atoms with Crippen LogP contribution >= 0.6 is 0 Å². The fraction of sp³-hybridized carbons (Fsp3) is 0.200. The number of amides is 1. The number of nitrogens with zero attached hydrogens (tertiary/aromatic N) is 2. The first-order chi connectivity index (χ1) is 12.7. The van der Waals surface area contributed by atoms with Gasteiger partial charge in [-0.25, -0.2) is 4.98 Å². The van der Waals surface area contributed by atoms with Crippen molar-refractivity contribution in [3.05, 3.63) is 77.9 Å². The molecule has 134 valence electrons. The molecule has 1 amide bonds. The van der Waals surface area contributed by atoms with Gasteiger partial charge in [0, 0.05) is 37.6 Å². The average molecular weight is 350 g/mol. The fourth-order valence-electron chi connectivity index (χ4n) is 2.59. The van der Waals surface area contributed by atoms with Gasteiger partial charge in [-0.1, -0.05) is 12.1 Å². The minimum absolute atomic E-state index is 0.146. The number of benzene rings is 2. The highest BCUT2D eigenvalue weighted by Crippen LogP contribution is 2.15. The zero-order valence-corrected chi connectivity index (χ0v) is 14.9. The number of methoxy groups -OCH3 is 1. The number of aromatic nitrogens is 2. The summed E-state index contributed by atoms with van der Waals surface area (Å²) in [7, 11) is 3.57. The summed E-state index contributed by atoms with van der Waals surface area (Å²) < 4.78 is 7.10. The van der Waals surface area contributed by atoms with Crippen molar-refractivity contribution in [2.24, 2.45) is 7.05 Å². The van der Waals surface area contributed by atoms with Gasteiger partial charge in [-0.05, 0) is 42.0 Å². The summed E-state index contributed by atoms with van der Waals surface area (Å²) in [5.41, 5.74) is 3.57. The summed E-state index contributed by atoms with van der Waals surface area (Å²) in [5, 5.41) is 6.31. The van der Waals surface area contributed by atoms with Crippen LogP contribution in [0.4, 0.5) is 5.69 Å². The predicted molar refractivity (Wildman–Crippen MR) is 101 cm³/mol. The second-order valence-corrected chi connectivity index (χ2v) is 5.98. The smallest absolute Gasteiger partial charge is 0.255 e. The summed E-state index contributed by atoms with van der Waals surface area (Å²) >= 11 is 0. The van der Waals surface area contributed by atoms with E-state index in [0.717, 1.165) is 29.2 Å². The third-order valence-corrected chi connectivity index (χ3v) is 4.09. The van der Waals surface area contributed by atoms with Crippen LogP contribution in [0.25, 0.3) is 0 Å². The first-order valence-electron chi connectivity index (χ1n) is 8.36. The van der Waals surface area contributed by atoms with E-state index in [1.165, 1.54) is 0 Å². The third kappa shape index (κ3) is 4.49. The first-order valence-corrected chi connectivity index (χ1v) is 8.36. The Morgan fingerprint density at radius 2 is 1.96 bits per heavy atom. The zero-order valence-electron chi connectivity index (χ0n) is 14.9. The summed E-state index contributed by atoms with van der Waals surface area (Å²) in [5.74, 6) is 0.579. The van der Waals surface area contributed by atoms with Gasteiger partial charge in [0.2, 0.25) is 0 Å². The second-order valence-electron chi connectivity index (χ2n) is 5.98. The van der Waals surface area contributed by atoms with E-state index in [-0.39, 0.29) is 5.91 Å². The van der Waals surface area contributed by atoms with Crippen LogP contribution in [0.5, 0.6) is 5.75 Å². The maximum atomic E-state index is 12.4. The summed E-state index contributed by atoms with van der Waals surface area (Å²) in [6, 6.07) is 14.8. The molecular weight excluding hydrogens is 328 g/mol. The summed E-state index contributed by atoms with van der Waals surface area (Å²) in [4.78, 5) is 16.5. The zero-order chi connectivity index (χ0) is 18.4. The number of ether oxygens (including phenoxy) is 1. The number of carbonyl (C=O) groups excluding carboxylic acids is 1. The molecule has 0 radical (unpaired) electrons. The van der Waals surface area contributed by atoms with Gasteiger partial charge in [-0.2, -0.15) is 0 Å². The SMILES string of the molecule is COc1ccc(C(=O)Nc2cccc(CNCc3cncn3C)c2)cc1. The number of imidazole rings is 1. The van der Waals surface area contributed by atoms with Crippen molar-refractivity contribution in [3.63, 3.8) is 0 Å². The molecule has 0 atom stereocenters. The molecule has 0 aliphatic carbocycles. The second kappa shape index (κ2) is 8.31. The molecule has 2 N–H and O–H groups in total. The minimum Gasteiger partial charge on any atom is -0.497 e. The number of anilines is 1. The molecule has 1 aromatic heterocycles. The molecule has 0 unspecified atom stereocenters. The molecule has 0 aliphatic heterocycles. The molecule has 0 bridgehead atoms. The molecule has 0 saturated heterocycles. The molecular formula is C20H22N4O2. The molecule has 6 heteroatoms. The van der Waals surface area contributed by atoms with Gasteiger partial charge in [0.1, 0.15) is 5.75 Å². The van der Waals surface area contributed by atoms with Crippen LogP contribution in [0.15, 0.2) is 61.1 Å². The van der Waals surface area contributed by atoms with Gasteiger partial charge in [-0.3, -0.25) is 4.79 Å². The lowest BCUT2D eigenvalue weighted by molar-refractivity contribution is 0.102. The lowest BCUT2D eigenvalue weighted by Gasteiger charge is -2.09. The van der Waals surface area contributed by atoms with Crippen LogP contribution in [0.2, 0.25) is 0 Å². The molecule has 1 heterocycles. The van der Waals surface area contributed by atoms with Gasteiger partial charge >= 0.3 is 0 Å². The predicted octanol–water partition coefficient (Wildman–Crippen LogP) is 2.97. The number of nitrogens with one attached hydrogen (secondary N) is 2. The van der Waals surface area contributed by atoms with Crippen molar-refractivity contribution in [2.45, 2.75) is 13.1 Å².